The molecule has 3 N–H and O–H groups in total. The number of carbonyl (C=O) groups is 3. The van der Waals surface area contributed by atoms with Crippen LogP contribution in [0, 0.1) is 6.92 Å². The average Bonchev–Trinajstić information content (AvgIpc) is 3.51. The van der Waals surface area contributed by atoms with Crippen LogP contribution in [0.15, 0.2) is 150 Å². The van der Waals surface area contributed by atoms with Crippen LogP contribution in [0.25, 0.3) is 17.3 Å². The number of anilines is 2. The largest absolute Gasteiger partial charge is 0.321 e. The highest BCUT2D eigenvalue weighted by Gasteiger charge is 2.24. The molecule has 10 heteroatoms. The molecule has 0 bridgehead atoms. The Morgan fingerprint density at radius 1 is 0.796 bits per heavy atom. The number of aryl methyl sites for hydroxylation is 1. The fourth-order valence-electron chi connectivity index (χ4n) is 4.94. The standard InChI is InChI=1S/C39H31N5O3S2/c1-26-34(28-14-5-2-6-15-28)43-39(48-26)44-38(47)35(29-16-7-3-8-17-29)49-32-21-11-20-31(24-32)41-37(46)33(23-27-13-12-22-40-25-27)42-36(45)30-18-9-4-10-19-30/h2-25,35H,1H3,(H,41,46)(H,42,45)(H,43,44,47)/b33-23-. The van der Waals surface area contributed by atoms with Gasteiger partial charge in [0.2, 0.25) is 5.91 Å². The minimum Gasteiger partial charge on any atom is -0.321 e. The first-order valence-electron chi connectivity index (χ1n) is 15.4. The molecule has 6 rings (SSSR count). The van der Waals surface area contributed by atoms with Gasteiger partial charge in [0, 0.05) is 39.0 Å². The van der Waals surface area contributed by atoms with Crippen LogP contribution in [-0.4, -0.2) is 27.7 Å². The predicted octanol–water partition coefficient (Wildman–Crippen LogP) is 8.40. The molecule has 0 aliphatic rings. The highest BCUT2D eigenvalue weighted by Crippen LogP contribution is 2.38. The fourth-order valence-corrected chi connectivity index (χ4v) is 6.86. The molecule has 2 heterocycles. The molecule has 242 valence electrons. The molecule has 0 radical (unpaired) electrons. The molecule has 3 amide bonds. The monoisotopic (exact) mass is 681 g/mol. The van der Waals surface area contributed by atoms with Gasteiger partial charge >= 0.3 is 0 Å². The maximum Gasteiger partial charge on any atom is 0.272 e. The number of hydrogen-bond acceptors (Lipinski definition) is 7. The Balaban J connectivity index is 1.21. The minimum absolute atomic E-state index is 0.0510. The van der Waals surface area contributed by atoms with Gasteiger partial charge in [0.1, 0.15) is 10.9 Å². The molecule has 0 saturated heterocycles. The number of aromatic nitrogens is 2. The third-order valence-corrected chi connectivity index (χ3v) is 9.42. The molecule has 6 aromatic rings. The van der Waals surface area contributed by atoms with Crippen molar-refractivity contribution in [3.8, 4) is 11.3 Å². The van der Waals surface area contributed by atoms with Gasteiger partial charge in [0.25, 0.3) is 11.8 Å². The molecular formula is C39H31N5O3S2. The Labute approximate surface area is 292 Å². The number of thiazole rings is 1. The summed E-state index contributed by atoms with van der Waals surface area (Å²) in [7, 11) is 0. The Kier molecular flexibility index (Phi) is 10.7. The van der Waals surface area contributed by atoms with Crippen molar-refractivity contribution in [1.29, 1.82) is 0 Å². The summed E-state index contributed by atoms with van der Waals surface area (Å²) in [6, 6.07) is 38.8. The first-order chi connectivity index (χ1) is 23.9. The zero-order valence-electron chi connectivity index (χ0n) is 26.4. The zero-order valence-corrected chi connectivity index (χ0v) is 28.0. The minimum atomic E-state index is -0.609. The molecule has 0 fully saturated rings. The maximum atomic E-state index is 13.8. The van der Waals surface area contributed by atoms with Crippen molar-refractivity contribution in [1.82, 2.24) is 15.3 Å². The number of nitrogens with zero attached hydrogens (tertiary/aromatic N) is 2. The lowest BCUT2D eigenvalue weighted by atomic mass is 10.1. The van der Waals surface area contributed by atoms with E-state index in [2.05, 4.69) is 20.9 Å². The molecule has 4 aromatic carbocycles. The lowest BCUT2D eigenvalue weighted by Gasteiger charge is -2.17. The molecule has 0 saturated carbocycles. The molecule has 0 aliphatic carbocycles. The summed E-state index contributed by atoms with van der Waals surface area (Å²) >= 11 is 2.79. The summed E-state index contributed by atoms with van der Waals surface area (Å²) in [5, 5.41) is 8.59. The van der Waals surface area contributed by atoms with Gasteiger partial charge in [-0.2, -0.15) is 0 Å². The number of carbonyl (C=O) groups excluding carboxylic acids is 3. The van der Waals surface area contributed by atoms with Gasteiger partial charge in [-0.25, -0.2) is 4.98 Å². The Morgan fingerprint density at radius 3 is 2.22 bits per heavy atom. The lowest BCUT2D eigenvalue weighted by Crippen LogP contribution is -2.30. The first kappa shape index (κ1) is 33.1. The molecule has 1 unspecified atom stereocenters. The van der Waals surface area contributed by atoms with Crippen molar-refractivity contribution >= 4 is 57.7 Å². The van der Waals surface area contributed by atoms with Gasteiger partial charge < -0.3 is 16.0 Å². The highest BCUT2D eigenvalue weighted by atomic mass is 32.2. The van der Waals surface area contributed by atoms with E-state index in [1.165, 1.54) is 23.1 Å². The van der Waals surface area contributed by atoms with Crippen molar-refractivity contribution in [3.05, 3.63) is 167 Å². The SMILES string of the molecule is Cc1sc(NC(=O)C(Sc2cccc(NC(=O)/C(=C/c3cccnc3)NC(=O)c3ccccc3)c2)c2ccccc2)nc1-c1ccccc1. The van der Waals surface area contributed by atoms with Gasteiger partial charge in [-0.1, -0.05) is 91.0 Å². The van der Waals surface area contributed by atoms with Crippen LogP contribution in [0.1, 0.15) is 31.6 Å². The van der Waals surface area contributed by atoms with Crippen molar-refractivity contribution in [3.63, 3.8) is 0 Å². The maximum absolute atomic E-state index is 13.8. The summed E-state index contributed by atoms with van der Waals surface area (Å²) in [5.74, 6) is -1.15. The predicted molar refractivity (Wildman–Crippen MR) is 197 cm³/mol. The van der Waals surface area contributed by atoms with Crippen LogP contribution < -0.4 is 16.0 Å². The van der Waals surface area contributed by atoms with Crippen molar-refractivity contribution < 1.29 is 14.4 Å². The number of hydrogen-bond donors (Lipinski definition) is 3. The quantitative estimate of drug-likeness (QED) is 0.0935. The van der Waals surface area contributed by atoms with Gasteiger partial charge in [-0.3, -0.25) is 19.4 Å². The topological polar surface area (TPSA) is 113 Å². The second-order valence-corrected chi connectivity index (χ2v) is 13.2. The number of nitrogens with one attached hydrogen (secondary N) is 3. The molecule has 0 aliphatic heterocycles. The van der Waals surface area contributed by atoms with E-state index in [1.54, 1.807) is 73.1 Å². The van der Waals surface area contributed by atoms with E-state index in [9.17, 15) is 14.4 Å². The molecule has 8 nitrogen and oxygen atoms in total. The second-order valence-electron chi connectivity index (χ2n) is 10.8. The lowest BCUT2D eigenvalue weighted by molar-refractivity contribution is -0.116. The van der Waals surface area contributed by atoms with Gasteiger partial charge in [0.05, 0.1) is 5.69 Å². The summed E-state index contributed by atoms with van der Waals surface area (Å²) in [6.07, 6.45) is 4.80. The number of rotatable bonds is 11. The third kappa shape index (κ3) is 8.75. The van der Waals surface area contributed by atoms with E-state index in [0.29, 0.717) is 21.9 Å². The van der Waals surface area contributed by atoms with E-state index >= 15 is 0 Å². The third-order valence-electron chi connectivity index (χ3n) is 7.28. The number of thioether (sulfide) groups is 1. The first-order valence-corrected chi connectivity index (χ1v) is 17.1. The van der Waals surface area contributed by atoms with Crippen molar-refractivity contribution in [2.75, 3.05) is 10.6 Å². The van der Waals surface area contributed by atoms with Crippen LogP contribution in [0.4, 0.5) is 10.8 Å². The van der Waals surface area contributed by atoms with E-state index in [0.717, 1.165) is 26.6 Å². The van der Waals surface area contributed by atoms with E-state index in [-0.39, 0.29) is 11.6 Å². The molecule has 2 aromatic heterocycles. The van der Waals surface area contributed by atoms with Crippen molar-refractivity contribution in [2.45, 2.75) is 17.1 Å². The van der Waals surface area contributed by atoms with Crippen LogP contribution in [-0.2, 0) is 9.59 Å². The van der Waals surface area contributed by atoms with Gasteiger partial charge in [-0.15, -0.1) is 23.1 Å². The summed E-state index contributed by atoms with van der Waals surface area (Å²) < 4.78 is 0. The highest BCUT2D eigenvalue weighted by molar-refractivity contribution is 8.00. The average molecular weight is 682 g/mol. The van der Waals surface area contributed by atoms with Crippen LogP contribution in [0.5, 0.6) is 0 Å². The summed E-state index contributed by atoms with van der Waals surface area (Å²) in [6.45, 7) is 1.99. The Morgan fingerprint density at radius 2 is 1.51 bits per heavy atom. The Hall–Kier alpha value is -5.84. The van der Waals surface area contributed by atoms with E-state index in [4.69, 9.17) is 4.98 Å². The van der Waals surface area contributed by atoms with Crippen LogP contribution in [0.2, 0.25) is 0 Å². The summed E-state index contributed by atoms with van der Waals surface area (Å²) in [5.41, 5.74) is 4.26. The smallest absolute Gasteiger partial charge is 0.272 e. The molecule has 1 atom stereocenters. The summed E-state index contributed by atoms with van der Waals surface area (Å²) in [4.78, 5) is 51.0. The van der Waals surface area contributed by atoms with E-state index in [1.807, 2.05) is 79.7 Å². The molecule has 0 spiro atoms. The van der Waals surface area contributed by atoms with Gasteiger partial charge in [-0.05, 0) is 60.5 Å². The second kappa shape index (κ2) is 15.8. The number of pyridine rings is 1. The van der Waals surface area contributed by atoms with Crippen LogP contribution >= 0.6 is 23.1 Å². The van der Waals surface area contributed by atoms with Crippen molar-refractivity contribution in [2.24, 2.45) is 0 Å². The van der Waals surface area contributed by atoms with Crippen LogP contribution in [0.3, 0.4) is 0 Å². The molecular weight excluding hydrogens is 651 g/mol. The fraction of sp³-hybridized carbons (Fsp3) is 0.0513. The number of amides is 3. The van der Waals surface area contributed by atoms with Gasteiger partial charge in [0.15, 0.2) is 5.13 Å². The Bertz CT molecular complexity index is 2090. The zero-order chi connectivity index (χ0) is 34.0. The van der Waals surface area contributed by atoms with E-state index < -0.39 is 17.1 Å². The normalized spacial score (nSPS) is 11.7. The molecule has 49 heavy (non-hydrogen) atoms. The number of benzene rings is 4.